The van der Waals surface area contributed by atoms with Gasteiger partial charge in [0, 0.05) is 37.9 Å². The summed E-state index contributed by atoms with van der Waals surface area (Å²) in [5, 5.41) is 9.37. The molecule has 0 aliphatic carbocycles. The van der Waals surface area contributed by atoms with Gasteiger partial charge in [0.2, 0.25) is 5.95 Å². The summed E-state index contributed by atoms with van der Waals surface area (Å²) in [6.45, 7) is 6.68. The number of hydrogen-bond donors (Lipinski definition) is 0. The molecule has 5 aromatic rings. The molecule has 0 spiro atoms. The molecule has 1 saturated heterocycles. The van der Waals surface area contributed by atoms with Crippen LogP contribution in [0.25, 0.3) is 22.7 Å². The van der Waals surface area contributed by atoms with Gasteiger partial charge in [0.25, 0.3) is 11.7 Å². The van der Waals surface area contributed by atoms with Crippen LogP contribution < -0.4 is 4.90 Å². The van der Waals surface area contributed by atoms with E-state index in [1.807, 2.05) is 52.0 Å². The van der Waals surface area contributed by atoms with Crippen LogP contribution in [0.3, 0.4) is 0 Å². The Labute approximate surface area is 221 Å². The molecule has 38 heavy (non-hydrogen) atoms. The van der Waals surface area contributed by atoms with Crippen LogP contribution in [0.4, 0.5) is 5.95 Å². The summed E-state index contributed by atoms with van der Waals surface area (Å²) >= 11 is 0. The number of aryl methyl sites for hydroxylation is 1. The van der Waals surface area contributed by atoms with E-state index >= 15 is 0 Å². The number of aromatic nitrogens is 6. The molecule has 192 valence electrons. The highest BCUT2D eigenvalue weighted by atomic mass is 16.2. The van der Waals surface area contributed by atoms with E-state index in [1.54, 1.807) is 16.9 Å². The van der Waals surface area contributed by atoms with Gasteiger partial charge in [0.1, 0.15) is 0 Å². The van der Waals surface area contributed by atoms with Crippen LogP contribution in [0.5, 0.6) is 0 Å². The first-order chi connectivity index (χ1) is 18.6. The Balaban J connectivity index is 1.20. The molecule has 3 aromatic heterocycles. The highest BCUT2D eigenvalue weighted by molar-refractivity contribution is 5.95. The van der Waals surface area contributed by atoms with Crippen molar-refractivity contribution in [1.29, 1.82) is 0 Å². The number of benzene rings is 2. The number of para-hydroxylation sites is 1. The Morgan fingerprint density at radius 3 is 2.55 bits per heavy atom. The Morgan fingerprint density at radius 2 is 1.79 bits per heavy atom. The van der Waals surface area contributed by atoms with Crippen molar-refractivity contribution in [1.82, 2.24) is 34.3 Å². The molecule has 9 nitrogen and oxygen atoms in total. The van der Waals surface area contributed by atoms with Crippen molar-refractivity contribution in [3.8, 4) is 16.9 Å². The van der Waals surface area contributed by atoms with Gasteiger partial charge in [-0.3, -0.25) is 4.79 Å². The highest BCUT2D eigenvalue weighted by Crippen LogP contribution is 2.23. The summed E-state index contributed by atoms with van der Waals surface area (Å²) < 4.78 is 3.70. The monoisotopic (exact) mass is 506 g/mol. The molecule has 0 bridgehead atoms. The number of nitrogens with zero attached hydrogens (tertiary/aromatic N) is 8. The minimum atomic E-state index is 0.0293. The highest BCUT2D eigenvalue weighted by Gasteiger charge is 2.28. The fraction of sp³-hybridized carbons (Fsp3) is 0.276. The van der Waals surface area contributed by atoms with E-state index in [9.17, 15) is 4.79 Å². The van der Waals surface area contributed by atoms with E-state index < -0.39 is 0 Å². The molecular weight excluding hydrogens is 476 g/mol. The quantitative estimate of drug-likeness (QED) is 0.343. The van der Waals surface area contributed by atoms with Crippen LogP contribution in [0.15, 0.2) is 73.1 Å². The van der Waals surface area contributed by atoms with Crippen molar-refractivity contribution in [3.05, 3.63) is 89.9 Å². The summed E-state index contributed by atoms with van der Waals surface area (Å²) in [6.07, 6.45) is 5.21. The zero-order valence-electron chi connectivity index (χ0n) is 21.7. The van der Waals surface area contributed by atoms with E-state index in [0.29, 0.717) is 43.5 Å². The van der Waals surface area contributed by atoms with E-state index in [4.69, 9.17) is 10.1 Å². The smallest absolute Gasteiger partial charge is 0.257 e. The molecule has 6 rings (SSSR count). The second-order valence-electron chi connectivity index (χ2n) is 9.60. The number of piperazine rings is 1. The molecule has 4 heterocycles. The summed E-state index contributed by atoms with van der Waals surface area (Å²) in [4.78, 5) is 26.7. The molecular formula is C29H30N8O. The fourth-order valence-corrected chi connectivity index (χ4v) is 5.04. The van der Waals surface area contributed by atoms with Gasteiger partial charge in [-0.25, -0.2) is 9.67 Å². The van der Waals surface area contributed by atoms with E-state index in [1.165, 1.54) is 5.56 Å². The number of hydrogen-bond acceptors (Lipinski definition) is 6. The van der Waals surface area contributed by atoms with Crippen LogP contribution in [0.1, 0.15) is 35.0 Å². The van der Waals surface area contributed by atoms with Crippen LogP contribution in [-0.2, 0) is 6.42 Å². The van der Waals surface area contributed by atoms with Gasteiger partial charge in [0.15, 0.2) is 0 Å². The van der Waals surface area contributed by atoms with E-state index in [0.717, 1.165) is 35.5 Å². The molecule has 1 fully saturated rings. The van der Waals surface area contributed by atoms with Gasteiger partial charge in [-0.1, -0.05) is 55.3 Å². The Hall–Kier alpha value is -4.53. The Kier molecular flexibility index (Phi) is 6.33. The number of rotatable bonds is 6. The number of carbonyl (C=O) groups is 1. The molecule has 0 unspecified atom stereocenters. The van der Waals surface area contributed by atoms with Gasteiger partial charge in [-0.2, -0.15) is 14.6 Å². The zero-order chi connectivity index (χ0) is 26.1. The van der Waals surface area contributed by atoms with Crippen LogP contribution in [-0.4, -0.2) is 66.3 Å². The lowest BCUT2D eigenvalue weighted by atomic mass is 10.1. The topological polar surface area (TPSA) is 84.5 Å². The molecule has 0 saturated carbocycles. The molecule has 1 aliphatic heterocycles. The summed E-state index contributed by atoms with van der Waals surface area (Å²) in [6, 6.07) is 20.3. The molecule has 0 N–H and O–H groups in total. The maximum Gasteiger partial charge on any atom is 0.257 e. The SMILES string of the molecule is CCCc1c(C(=O)N2CCN(c3nc4nccc(-c5cccc(C)c5)n4n3)CC2)cnn1-c1ccccc1. The lowest BCUT2D eigenvalue weighted by Gasteiger charge is -2.34. The zero-order valence-corrected chi connectivity index (χ0v) is 21.7. The second kappa shape index (κ2) is 10.1. The van der Waals surface area contributed by atoms with Gasteiger partial charge >= 0.3 is 0 Å². The van der Waals surface area contributed by atoms with E-state index in [-0.39, 0.29) is 5.91 Å². The first-order valence-electron chi connectivity index (χ1n) is 13.1. The molecule has 0 atom stereocenters. The first-order valence-corrected chi connectivity index (χ1v) is 13.1. The van der Waals surface area contributed by atoms with Crippen molar-refractivity contribution in [2.75, 3.05) is 31.1 Å². The van der Waals surface area contributed by atoms with Crippen LogP contribution in [0, 0.1) is 6.92 Å². The van der Waals surface area contributed by atoms with Crippen molar-refractivity contribution in [3.63, 3.8) is 0 Å². The molecule has 0 radical (unpaired) electrons. The maximum atomic E-state index is 13.6. The predicted octanol–water partition coefficient (Wildman–Crippen LogP) is 4.20. The minimum Gasteiger partial charge on any atom is -0.336 e. The van der Waals surface area contributed by atoms with Crippen LogP contribution >= 0.6 is 0 Å². The van der Waals surface area contributed by atoms with Crippen molar-refractivity contribution < 1.29 is 4.79 Å². The third-order valence-corrected chi connectivity index (χ3v) is 6.98. The second-order valence-corrected chi connectivity index (χ2v) is 9.60. The Bertz CT molecular complexity index is 1580. The molecule has 1 amide bonds. The summed E-state index contributed by atoms with van der Waals surface area (Å²) in [7, 11) is 0. The van der Waals surface area contributed by atoms with Gasteiger partial charge in [0.05, 0.1) is 28.8 Å². The van der Waals surface area contributed by atoms with Gasteiger partial charge in [-0.05, 0) is 37.6 Å². The van der Waals surface area contributed by atoms with Gasteiger partial charge in [-0.15, -0.1) is 5.10 Å². The summed E-state index contributed by atoms with van der Waals surface area (Å²) in [5.41, 5.74) is 5.82. The van der Waals surface area contributed by atoms with Gasteiger partial charge < -0.3 is 9.80 Å². The number of anilines is 1. The van der Waals surface area contributed by atoms with Crippen molar-refractivity contribution in [2.24, 2.45) is 0 Å². The number of carbonyl (C=O) groups excluding carboxylic acids is 1. The van der Waals surface area contributed by atoms with E-state index in [2.05, 4.69) is 47.0 Å². The average molecular weight is 507 g/mol. The first kappa shape index (κ1) is 23.8. The summed E-state index contributed by atoms with van der Waals surface area (Å²) in [5.74, 6) is 1.23. The van der Waals surface area contributed by atoms with Crippen molar-refractivity contribution >= 4 is 17.6 Å². The average Bonchev–Trinajstić information content (AvgIpc) is 3.58. The number of fused-ring (bicyclic) bond motifs is 1. The lowest BCUT2D eigenvalue weighted by molar-refractivity contribution is 0.0745. The standard InChI is InChI=1S/C29H30N8O/c1-3-8-26-24(20-31-36(26)23-11-5-4-6-12-23)27(38)34-15-17-35(18-16-34)29-32-28-30-14-13-25(37(28)33-29)22-10-7-9-21(2)19-22/h4-7,9-14,19-20H,3,8,15-18H2,1-2H3. The Morgan fingerprint density at radius 1 is 0.974 bits per heavy atom. The molecule has 1 aliphatic rings. The normalized spacial score (nSPS) is 13.8. The maximum absolute atomic E-state index is 13.6. The predicted molar refractivity (Wildman–Crippen MR) is 147 cm³/mol. The largest absolute Gasteiger partial charge is 0.336 e. The van der Waals surface area contributed by atoms with Crippen LogP contribution in [0.2, 0.25) is 0 Å². The number of amides is 1. The van der Waals surface area contributed by atoms with Crippen molar-refractivity contribution in [2.45, 2.75) is 26.7 Å². The lowest BCUT2D eigenvalue weighted by Crippen LogP contribution is -2.49. The third-order valence-electron chi connectivity index (χ3n) is 6.98. The molecule has 9 heteroatoms. The minimum absolute atomic E-state index is 0.0293. The molecule has 2 aromatic carbocycles. The third kappa shape index (κ3) is 4.40. The fourth-order valence-electron chi connectivity index (χ4n) is 5.04.